The Morgan fingerprint density at radius 1 is 1.33 bits per heavy atom. The van der Waals surface area contributed by atoms with Gasteiger partial charge in [-0.1, -0.05) is 12.1 Å². The Hall–Kier alpha value is -2.77. The standard InChI is InChI=1S/C13H16N4O4/c1-17(13(18)10-12(14)16-21-15-10)7-8-5-4-6-9(19-2)11(8)20-3/h4-6H,7H2,1-3H3,(H2,14,16). The number of hydrogen-bond donors (Lipinski definition) is 1. The summed E-state index contributed by atoms with van der Waals surface area (Å²) in [7, 11) is 4.72. The van der Waals surface area contributed by atoms with Gasteiger partial charge in [0.1, 0.15) is 0 Å². The van der Waals surface area contributed by atoms with Crippen LogP contribution >= 0.6 is 0 Å². The van der Waals surface area contributed by atoms with Gasteiger partial charge in [0.05, 0.1) is 14.2 Å². The molecule has 2 N–H and O–H groups in total. The van der Waals surface area contributed by atoms with Crippen molar-refractivity contribution in [2.45, 2.75) is 6.54 Å². The fourth-order valence-electron chi connectivity index (χ4n) is 1.93. The number of methoxy groups -OCH3 is 2. The van der Waals surface area contributed by atoms with Crippen molar-refractivity contribution in [3.8, 4) is 11.5 Å². The van der Waals surface area contributed by atoms with Gasteiger partial charge >= 0.3 is 0 Å². The molecule has 8 nitrogen and oxygen atoms in total. The summed E-state index contributed by atoms with van der Waals surface area (Å²) in [6, 6.07) is 5.44. The van der Waals surface area contributed by atoms with Crippen LogP contribution in [0.5, 0.6) is 11.5 Å². The van der Waals surface area contributed by atoms with E-state index < -0.39 is 5.91 Å². The third kappa shape index (κ3) is 2.88. The number of aromatic nitrogens is 2. The predicted octanol–water partition coefficient (Wildman–Crippen LogP) is 0.941. The molecule has 2 aromatic rings. The van der Waals surface area contributed by atoms with Crippen LogP contribution in [0.2, 0.25) is 0 Å². The van der Waals surface area contributed by atoms with Crippen LogP contribution in [0.15, 0.2) is 22.8 Å². The molecule has 0 saturated heterocycles. The average Bonchev–Trinajstić information content (AvgIpc) is 2.92. The molecule has 0 saturated carbocycles. The van der Waals surface area contributed by atoms with Gasteiger partial charge in [-0.3, -0.25) is 4.79 Å². The van der Waals surface area contributed by atoms with E-state index >= 15 is 0 Å². The Labute approximate surface area is 121 Å². The Morgan fingerprint density at radius 2 is 2.10 bits per heavy atom. The highest BCUT2D eigenvalue weighted by atomic mass is 16.6. The minimum atomic E-state index is -0.390. The third-order valence-corrected chi connectivity index (χ3v) is 2.96. The lowest BCUT2D eigenvalue weighted by atomic mass is 10.1. The van der Waals surface area contributed by atoms with Crippen molar-refractivity contribution >= 4 is 11.7 Å². The summed E-state index contributed by atoms with van der Waals surface area (Å²) in [6.07, 6.45) is 0. The predicted molar refractivity (Wildman–Crippen MR) is 74.1 cm³/mol. The first-order valence-electron chi connectivity index (χ1n) is 6.11. The number of anilines is 1. The first kappa shape index (κ1) is 14.6. The molecule has 0 fully saturated rings. The van der Waals surface area contributed by atoms with Gasteiger partial charge in [-0.15, -0.1) is 0 Å². The zero-order valence-electron chi connectivity index (χ0n) is 12.0. The highest BCUT2D eigenvalue weighted by molar-refractivity contribution is 5.95. The smallest absolute Gasteiger partial charge is 0.280 e. The number of hydrogen-bond acceptors (Lipinski definition) is 7. The lowest BCUT2D eigenvalue weighted by Gasteiger charge is -2.18. The average molecular weight is 292 g/mol. The molecule has 112 valence electrons. The van der Waals surface area contributed by atoms with Crippen LogP contribution in [-0.4, -0.2) is 42.4 Å². The maximum absolute atomic E-state index is 12.2. The van der Waals surface area contributed by atoms with E-state index in [1.165, 1.54) is 4.90 Å². The van der Waals surface area contributed by atoms with Gasteiger partial charge in [0, 0.05) is 19.2 Å². The zero-order valence-corrected chi connectivity index (χ0v) is 12.0. The number of amides is 1. The van der Waals surface area contributed by atoms with Crippen molar-refractivity contribution in [1.29, 1.82) is 0 Å². The Bertz CT molecular complexity index is 641. The summed E-state index contributed by atoms with van der Waals surface area (Å²) >= 11 is 0. The van der Waals surface area contributed by atoms with E-state index in [4.69, 9.17) is 15.2 Å². The minimum Gasteiger partial charge on any atom is -0.493 e. The number of ether oxygens (including phenoxy) is 2. The molecule has 0 spiro atoms. The van der Waals surface area contributed by atoms with Crippen molar-refractivity contribution in [3.05, 3.63) is 29.5 Å². The van der Waals surface area contributed by atoms with E-state index in [1.807, 2.05) is 12.1 Å². The second-order valence-electron chi connectivity index (χ2n) is 4.31. The fraction of sp³-hybridized carbons (Fsp3) is 0.308. The van der Waals surface area contributed by atoms with E-state index in [0.29, 0.717) is 18.0 Å². The molecule has 0 aliphatic carbocycles. The van der Waals surface area contributed by atoms with Crippen LogP contribution in [-0.2, 0) is 6.54 Å². The van der Waals surface area contributed by atoms with E-state index in [0.717, 1.165) is 5.56 Å². The van der Waals surface area contributed by atoms with E-state index in [9.17, 15) is 4.79 Å². The monoisotopic (exact) mass is 292 g/mol. The summed E-state index contributed by atoms with van der Waals surface area (Å²) in [5, 5.41) is 6.88. The minimum absolute atomic E-state index is 0.0145. The van der Waals surface area contributed by atoms with Crippen LogP contribution < -0.4 is 15.2 Å². The molecule has 21 heavy (non-hydrogen) atoms. The lowest BCUT2D eigenvalue weighted by molar-refractivity contribution is 0.0773. The maximum Gasteiger partial charge on any atom is 0.280 e. The fourth-order valence-corrected chi connectivity index (χ4v) is 1.93. The van der Waals surface area contributed by atoms with Gasteiger partial charge in [0.2, 0.25) is 11.5 Å². The molecule has 1 aromatic carbocycles. The summed E-state index contributed by atoms with van der Waals surface area (Å²) < 4.78 is 15.0. The summed E-state index contributed by atoms with van der Waals surface area (Å²) in [5.41, 5.74) is 6.29. The van der Waals surface area contributed by atoms with Gasteiger partial charge in [0.25, 0.3) is 5.91 Å². The SMILES string of the molecule is COc1cccc(CN(C)C(=O)c2nonc2N)c1OC. The topological polar surface area (TPSA) is 104 Å². The number of carbonyl (C=O) groups is 1. The molecule has 1 heterocycles. The Balaban J connectivity index is 2.22. The molecule has 0 unspecified atom stereocenters. The van der Waals surface area contributed by atoms with E-state index in [-0.39, 0.29) is 11.5 Å². The van der Waals surface area contributed by atoms with Gasteiger partial charge in [0.15, 0.2) is 11.5 Å². The second kappa shape index (κ2) is 6.12. The molecule has 8 heteroatoms. The van der Waals surface area contributed by atoms with E-state index in [1.54, 1.807) is 27.3 Å². The zero-order chi connectivity index (χ0) is 15.4. The molecule has 1 amide bonds. The molecular formula is C13H16N4O4. The summed E-state index contributed by atoms with van der Waals surface area (Å²) in [5.74, 6) is 0.743. The first-order chi connectivity index (χ1) is 10.1. The molecule has 0 radical (unpaired) electrons. The largest absolute Gasteiger partial charge is 0.493 e. The molecular weight excluding hydrogens is 276 g/mol. The van der Waals surface area contributed by atoms with Crippen LogP contribution in [0.1, 0.15) is 16.1 Å². The highest BCUT2D eigenvalue weighted by Gasteiger charge is 2.21. The number of nitrogen functional groups attached to an aromatic ring is 1. The molecule has 0 bridgehead atoms. The van der Waals surface area contributed by atoms with Crippen LogP contribution in [0, 0.1) is 0 Å². The molecule has 0 aliphatic rings. The van der Waals surface area contributed by atoms with Gasteiger partial charge in [-0.25, -0.2) is 4.63 Å². The summed E-state index contributed by atoms with van der Waals surface area (Å²) in [4.78, 5) is 13.6. The van der Waals surface area contributed by atoms with E-state index in [2.05, 4.69) is 14.9 Å². The molecule has 1 aromatic heterocycles. The summed E-state index contributed by atoms with van der Waals surface area (Å²) in [6.45, 7) is 0.297. The van der Waals surface area contributed by atoms with Crippen molar-refractivity contribution in [3.63, 3.8) is 0 Å². The van der Waals surface area contributed by atoms with Crippen molar-refractivity contribution in [2.24, 2.45) is 0 Å². The van der Waals surface area contributed by atoms with Crippen LogP contribution in [0.3, 0.4) is 0 Å². The maximum atomic E-state index is 12.2. The molecule has 2 rings (SSSR count). The van der Waals surface area contributed by atoms with Gasteiger partial charge < -0.3 is 20.1 Å². The Kier molecular flexibility index (Phi) is 4.27. The number of para-hydroxylation sites is 1. The van der Waals surface area contributed by atoms with Crippen molar-refractivity contribution in [2.75, 3.05) is 27.0 Å². The Morgan fingerprint density at radius 3 is 2.67 bits per heavy atom. The number of nitrogens with two attached hydrogens (primary N) is 1. The number of benzene rings is 1. The highest BCUT2D eigenvalue weighted by Crippen LogP contribution is 2.31. The van der Waals surface area contributed by atoms with Gasteiger partial charge in [-0.05, 0) is 16.4 Å². The normalized spacial score (nSPS) is 10.2. The first-order valence-corrected chi connectivity index (χ1v) is 6.11. The third-order valence-electron chi connectivity index (χ3n) is 2.96. The van der Waals surface area contributed by atoms with Crippen molar-refractivity contribution < 1.29 is 18.9 Å². The van der Waals surface area contributed by atoms with Gasteiger partial charge in [-0.2, -0.15) is 0 Å². The lowest BCUT2D eigenvalue weighted by Crippen LogP contribution is -2.27. The molecule has 0 atom stereocenters. The van der Waals surface area contributed by atoms with Crippen LogP contribution in [0.4, 0.5) is 5.82 Å². The quantitative estimate of drug-likeness (QED) is 0.874. The number of nitrogens with zero attached hydrogens (tertiary/aromatic N) is 3. The number of rotatable bonds is 5. The molecule has 0 aliphatic heterocycles. The second-order valence-corrected chi connectivity index (χ2v) is 4.31. The van der Waals surface area contributed by atoms with Crippen molar-refractivity contribution in [1.82, 2.24) is 15.2 Å². The van der Waals surface area contributed by atoms with Crippen LogP contribution in [0.25, 0.3) is 0 Å². The number of carbonyl (C=O) groups excluding carboxylic acids is 1.